The summed E-state index contributed by atoms with van der Waals surface area (Å²) in [6, 6.07) is 6.73. The SMILES string of the molecule is Cc1ccc(Cn2cc(C)c(C)c2C)cc1C. The minimum Gasteiger partial charge on any atom is -0.347 e. The Morgan fingerprint density at radius 1 is 0.882 bits per heavy atom. The molecule has 0 saturated carbocycles. The van der Waals surface area contributed by atoms with Gasteiger partial charge in [-0.1, -0.05) is 18.2 Å². The van der Waals surface area contributed by atoms with E-state index in [-0.39, 0.29) is 0 Å². The highest BCUT2D eigenvalue weighted by Gasteiger charge is 2.05. The molecule has 2 aromatic rings. The lowest BCUT2D eigenvalue weighted by Gasteiger charge is -2.09. The van der Waals surface area contributed by atoms with Crippen molar-refractivity contribution >= 4 is 0 Å². The molecule has 1 aromatic carbocycles. The molecule has 1 heterocycles. The fraction of sp³-hybridized carbons (Fsp3) is 0.375. The van der Waals surface area contributed by atoms with Gasteiger partial charge >= 0.3 is 0 Å². The van der Waals surface area contributed by atoms with Gasteiger partial charge in [0.25, 0.3) is 0 Å². The highest BCUT2D eigenvalue weighted by atomic mass is 15.0. The third-order valence-electron chi connectivity index (χ3n) is 3.84. The van der Waals surface area contributed by atoms with Crippen LogP contribution in [0.25, 0.3) is 0 Å². The topological polar surface area (TPSA) is 4.93 Å². The zero-order valence-corrected chi connectivity index (χ0v) is 11.5. The lowest BCUT2D eigenvalue weighted by atomic mass is 10.1. The number of benzene rings is 1. The molecule has 0 atom stereocenters. The molecule has 1 nitrogen and oxygen atoms in total. The van der Waals surface area contributed by atoms with Gasteiger partial charge in [-0.05, 0) is 62.4 Å². The monoisotopic (exact) mass is 227 g/mol. The van der Waals surface area contributed by atoms with Crippen molar-refractivity contribution < 1.29 is 0 Å². The molecule has 1 aromatic heterocycles. The molecule has 0 aliphatic rings. The summed E-state index contributed by atoms with van der Waals surface area (Å²) in [4.78, 5) is 0. The first-order valence-corrected chi connectivity index (χ1v) is 6.18. The first-order valence-electron chi connectivity index (χ1n) is 6.18. The lowest BCUT2D eigenvalue weighted by molar-refractivity contribution is 0.771. The molecule has 0 spiro atoms. The minimum atomic E-state index is 0.974. The maximum atomic E-state index is 2.34. The van der Waals surface area contributed by atoms with Crippen LogP contribution in [-0.4, -0.2) is 4.57 Å². The first kappa shape index (κ1) is 12.0. The summed E-state index contributed by atoms with van der Waals surface area (Å²) in [5.74, 6) is 0. The lowest BCUT2D eigenvalue weighted by Crippen LogP contribution is -2.01. The van der Waals surface area contributed by atoms with Crippen LogP contribution >= 0.6 is 0 Å². The molecule has 0 N–H and O–H groups in total. The van der Waals surface area contributed by atoms with Gasteiger partial charge < -0.3 is 4.57 Å². The van der Waals surface area contributed by atoms with Crippen molar-refractivity contribution in [3.05, 3.63) is 57.9 Å². The maximum absolute atomic E-state index is 2.34. The molecule has 0 fully saturated rings. The van der Waals surface area contributed by atoms with Crippen LogP contribution < -0.4 is 0 Å². The average Bonchev–Trinajstić information content (AvgIpc) is 2.52. The highest BCUT2D eigenvalue weighted by molar-refractivity contribution is 5.33. The van der Waals surface area contributed by atoms with E-state index in [2.05, 4.69) is 63.6 Å². The van der Waals surface area contributed by atoms with E-state index in [9.17, 15) is 0 Å². The summed E-state index contributed by atoms with van der Waals surface area (Å²) in [6.45, 7) is 11.9. The van der Waals surface area contributed by atoms with Gasteiger partial charge in [0.05, 0.1) is 0 Å². The van der Waals surface area contributed by atoms with Gasteiger partial charge in [0.15, 0.2) is 0 Å². The number of hydrogen-bond donors (Lipinski definition) is 0. The summed E-state index contributed by atoms with van der Waals surface area (Å²) in [5, 5.41) is 0. The average molecular weight is 227 g/mol. The van der Waals surface area contributed by atoms with Crippen LogP contribution in [0.2, 0.25) is 0 Å². The zero-order valence-electron chi connectivity index (χ0n) is 11.5. The molecule has 0 radical (unpaired) electrons. The van der Waals surface area contributed by atoms with Gasteiger partial charge in [0.1, 0.15) is 0 Å². The summed E-state index contributed by atoms with van der Waals surface area (Å²) < 4.78 is 2.34. The number of aromatic nitrogens is 1. The molecule has 0 amide bonds. The van der Waals surface area contributed by atoms with Crippen molar-refractivity contribution in [3.8, 4) is 0 Å². The number of rotatable bonds is 2. The summed E-state index contributed by atoms with van der Waals surface area (Å²) in [7, 11) is 0. The maximum Gasteiger partial charge on any atom is 0.0473 e. The Balaban J connectivity index is 2.31. The van der Waals surface area contributed by atoms with Gasteiger partial charge in [-0.25, -0.2) is 0 Å². The number of hydrogen-bond acceptors (Lipinski definition) is 0. The fourth-order valence-electron chi connectivity index (χ4n) is 2.19. The summed E-state index contributed by atoms with van der Waals surface area (Å²) in [5.41, 5.74) is 8.29. The molecule has 0 unspecified atom stereocenters. The van der Waals surface area contributed by atoms with Crippen LogP contribution in [0.4, 0.5) is 0 Å². The van der Waals surface area contributed by atoms with E-state index in [0.29, 0.717) is 0 Å². The van der Waals surface area contributed by atoms with E-state index in [0.717, 1.165) is 6.54 Å². The Labute approximate surface area is 104 Å². The van der Waals surface area contributed by atoms with E-state index in [1.807, 2.05) is 0 Å². The smallest absolute Gasteiger partial charge is 0.0473 e. The molecule has 0 saturated heterocycles. The van der Waals surface area contributed by atoms with E-state index in [1.54, 1.807) is 0 Å². The van der Waals surface area contributed by atoms with Crippen molar-refractivity contribution in [1.82, 2.24) is 4.57 Å². The van der Waals surface area contributed by atoms with Crippen LogP contribution in [-0.2, 0) is 6.54 Å². The molecule has 2 rings (SSSR count). The molecule has 1 heteroatoms. The largest absolute Gasteiger partial charge is 0.347 e. The van der Waals surface area contributed by atoms with Crippen LogP contribution in [0.5, 0.6) is 0 Å². The molecule has 90 valence electrons. The molecular formula is C16H21N. The third-order valence-corrected chi connectivity index (χ3v) is 3.84. The van der Waals surface area contributed by atoms with E-state index in [1.165, 1.54) is 33.5 Å². The predicted molar refractivity (Wildman–Crippen MR) is 73.7 cm³/mol. The van der Waals surface area contributed by atoms with Crippen molar-refractivity contribution in [3.63, 3.8) is 0 Å². The Morgan fingerprint density at radius 3 is 2.12 bits per heavy atom. The Hall–Kier alpha value is -1.50. The van der Waals surface area contributed by atoms with Crippen molar-refractivity contribution in [2.75, 3.05) is 0 Å². The molecule has 0 bridgehead atoms. The quantitative estimate of drug-likeness (QED) is 0.728. The van der Waals surface area contributed by atoms with Gasteiger partial charge in [-0.2, -0.15) is 0 Å². The van der Waals surface area contributed by atoms with Crippen molar-refractivity contribution in [2.24, 2.45) is 0 Å². The number of aryl methyl sites for hydroxylation is 3. The van der Waals surface area contributed by atoms with Crippen molar-refractivity contribution in [2.45, 2.75) is 41.2 Å². The minimum absolute atomic E-state index is 0.974. The normalized spacial score (nSPS) is 10.9. The number of nitrogens with zero attached hydrogens (tertiary/aromatic N) is 1. The highest BCUT2D eigenvalue weighted by Crippen LogP contribution is 2.17. The van der Waals surface area contributed by atoms with Gasteiger partial charge in [-0.3, -0.25) is 0 Å². The van der Waals surface area contributed by atoms with E-state index < -0.39 is 0 Å². The standard InChI is InChI=1S/C16H21N/c1-11-6-7-16(8-12(11)2)10-17-9-13(3)14(4)15(17)5/h6-9H,10H2,1-5H3. The van der Waals surface area contributed by atoms with E-state index >= 15 is 0 Å². The Kier molecular flexibility index (Phi) is 3.10. The fourth-order valence-corrected chi connectivity index (χ4v) is 2.19. The van der Waals surface area contributed by atoms with Crippen LogP contribution in [0, 0.1) is 34.6 Å². The second-order valence-corrected chi connectivity index (χ2v) is 5.07. The molecule has 0 aliphatic heterocycles. The molecule has 17 heavy (non-hydrogen) atoms. The predicted octanol–water partition coefficient (Wildman–Crippen LogP) is 4.08. The summed E-state index contributed by atoms with van der Waals surface area (Å²) >= 11 is 0. The molecular weight excluding hydrogens is 206 g/mol. The molecule has 0 aliphatic carbocycles. The third kappa shape index (κ3) is 2.28. The van der Waals surface area contributed by atoms with Crippen molar-refractivity contribution in [1.29, 1.82) is 0 Å². The second-order valence-electron chi connectivity index (χ2n) is 5.07. The first-order chi connectivity index (χ1) is 7.99. The van der Waals surface area contributed by atoms with Gasteiger partial charge in [0.2, 0.25) is 0 Å². The second kappa shape index (κ2) is 4.40. The van der Waals surface area contributed by atoms with Gasteiger partial charge in [0, 0.05) is 18.4 Å². The summed E-state index contributed by atoms with van der Waals surface area (Å²) in [6.07, 6.45) is 2.25. The van der Waals surface area contributed by atoms with Crippen LogP contribution in [0.1, 0.15) is 33.5 Å². The van der Waals surface area contributed by atoms with Crippen LogP contribution in [0.3, 0.4) is 0 Å². The van der Waals surface area contributed by atoms with Gasteiger partial charge in [-0.15, -0.1) is 0 Å². The zero-order chi connectivity index (χ0) is 12.6. The van der Waals surface area contributed by atoms with Crippen LogP contribution in [0.15, 0.2) is 24.4 Å². The van der Waals surface area contributed by atoms with E-state index in [4.69, 9.17) is 0 Å². The Bertz CT molecular complexity index is 547. The Morgan fingerprint density at radius 2 is 1.59 bits per heavy atom.